The highest BCUT2D eigenvalue weighted by molar-refractivity contribution is 5.94. The summed E-state index contributed by atoms with van der Waals surface area (Å²) >= 11 is 0. The highest BCUT2D eigenvalue weighted by Gasteiger charge is 2.34. The molecule has 10 heteroatoms. The van der Waals surface area contributed by atoms with Gasteiger partial charge in [-0.15, -0.1) is 0 Å². The van der Waals surface area contributed by atoms with Crippen molar-refractivity contribution in [2.24, 2.45) is 0 Å². The largest absolute Gasteiger partial charge is 0.493 e. The lowest BCUT2D eigenvalue weighted by molar-refractivity contribution is -0.138. The van der Waals surface area contributed by atoms with Crippen molar-refractivity contribution in [2.75, 3.05) is 7.11 Å². The van der Waals surface area contributed by atoms with Crippen LogP contribution in [0.2, 0.25) is 0 Å². The van der Waals surface area contributed by atoms with Crippen molar-refractivity contribution in [3.63, 3.8) is 0 Å². The van der Waals surface area contributed by atoms with Crippen LogP contribution in [-0.2, 0) is 12.7 Å². The predicted octanol–water partition coefficient (Wildman–Crippen LogP) is 4.63. The number of aryl methyl sites for hydroxylation is 2. The first kappa shape index (κ1) is 23.1. The first-order valence-corrected chi connectivity index (χ1v) is 10.4. The minimum Gasteiger partial charge on any atom is -0.493 e. The van der Waals surface area contributed by atoms with E-state index in [4.69, 9.17) is 4.74 Å². The predicted molar refractivity (Wildman–Crippen MR) is 119 cm³/mol. The Morgan fingerprint density at radius 3 is 2.38 bits per heavy atom. The van der Waals surface area contributed by atoms with Crippen LogP contribution in [0.4, 0.5) is 13.2 Å². The van der Waals surface area contributed by atoms with Crippen LogP contribution in [0.15, 0.2) is 60.8 Å². The molecule has 0 saturated carbocycles. The number of nitrogens with zero attached hydrogens (tertiary/aromatic N) is 4. The number of hydrogen-bond acceptors (Lipinski definition) is 4. The summed E-state index contributed by atoms with van der Waals surface area (Å²) in [5.41, 5.74) is 1.46. The van der Waals surface area contributed by atoms with E-state index in [9.17, 15) is 18.0 Å². The molecule has 1 amide bonds. The summed E-state index contributed by atoms with van der Waals surface area (Å²) in [6, 6.07) is 14.8. The van der Waals surface area contributed by atoms with Gasteiger partial charge in [0.2, 0.25) is 0 Å². The quantitative estimate of drug-likeness (QED) is 0.447. The fourth-order valence-electron chi connectivity index (χ4n) is 3.64. The van der Waals surface area contributed by atoms with Gasteiger partial charge in [0.05, 0.1) is 35.9 Å². The maximum Gasteiger partial charge on any atom is 0.416 e. The smallest absolute Gasteiger partial charge is 0.416 e. The molecule has 0 saturated heterocycles. The molecular formula is C24H22F3N5O2. The van der Waals surface area contributed by atoms with Crippen LogP contribution in [0.25, 0.3) is 11.4 Å². The summed E-state index contributed by atoms with van der Waals surface area (Å²) in [6.07, 6.45) is -3.08. The number of rotatable bonds is 6. The molecule has 4 aromatic rings. The van der Waals surface area contributed by atoms with Gasteiger partial charge in [0, 0.05) is 12.2 Å². The third-order valence-corrected chi connectivity index (χ3v) is 5.23. The summed E-state index contributed by atoms with van der Waals surface area (Å²) in [6.45, 7) is 3.20. The molecule has 0 atom stereocenters. The third kappa shape index (κ3) is 4.66. The van der Waals surface area contributed by atoms with Crippen molar-refractivity contribution in [2.45, 2.75) is 26.6 Å². The number of nitrogens with one attached hydrogen (secondary N) is 1. The van der Waals surface area contributed by atoms with E-state index in [-0.39, 0.29) is 29.2 Å². The van der Waals surface area contributed by atoms with Crippen molar-refractivity contribution in [1.82, 2.24) is 24.9 Å². The first-order chi connectivity index (χ1) is 16.2. The molecule has 7 nitrogen and oxygen atoms in total. The molecule has 2 aromatic carbocycles. The van der Waals surface area contributed by atoms with E-state index in [1.807, 2.05) is 18.2 Å². The summed E-state index contributed by atoms with van der Waals surface area (Å²) in [7, 11) is 1.39. The number of methoxy groups -OCH3 is 1. The standard InChI is InChI=1S/C24H22F3N5O2/c1-15-11-16(2)32(29-15)19-10-9-17(20(12-19)24(25,26)27)13-28-23(33)22-21(34-3)14-31(30-22)18-7-5-4-6-8-18/h4-12,14H,13H2,1-3H3,(H,28,33). The Bertz CT molecular complexity index is 1330. The SMILES string of the molecule is COc1cn(-c2ccccc2)nc1C(=O)NCc1ccc(-n2nc(C)cc2C)cc1C(F)(F)F. The van der Waals surface area contributed by atoms with Crippen LogP contribution < -0.4 is 10.1 Å². The van der Waals surface area contributed by atoms with Crippen LogP contribution in [0.1, 0.15) is 33.0 Å². The van der Waals surface area contributed by atoms with Crippen LogP contribution in [0.5, 0.6) is 5.75 Å². The summed E-state index contributed by atoms with van der Waals surface area (Å²) in [5, 5.41) is 11.0. The molecule has 2 aromatic heterocycles. The highest BCUT2D eigenvalue weighted by Crippen LogP contribution is 2.34. The first-order valence-electron chi connectivity index (χ1n) is 10.4. The van der Waals surface area contributed by atoms with E-state index < -0.39 is 17.6 Å². The molecule has 176 valence electrons. The third-order valence-electron chi connectivity index (χ3n) is 5.23. The maximum atomic E-state index is 13.8. The number of amides is 1. The van der Waals surface area contributed by atoms with Crippen molar-refractivity contribution in [1.29, 1.82) is 0 Å². The summed E-state index contributed by atoms with van der Waals surface area (Å²) in [4.78, 5) is 12.8. The van der Waals surface area contributed by atoms with Gasteiger partial charge in [-0.1, -0.05) is 24.3 Å². The lowest BCUT2D eigenvalue weighted by Gasteiger charge is -2.16. The van der Waals surface area contributed by atoms with E-state index in [0.717, 1.165) is 6.07 Å². The van der Waals surface area contributed by atoms with Gasteiger partial charge in [0.15, 0.2) is 11.4 Å². The van der Waals surface area contributed by atoms with Crippen LogP contribution in [0, 0.1) is 13.8 Å². The van der Waals surface area contributed by atoms with Crippen LogP contribution in [-0.4, -0.2) is 32.6 Å². The Morgan fingerprint density at radius 1 is 1.03 bits per heavy atom. The lowest BCUT2D eigenvalue weighted by Crippen LogP contribution is -2.25. The molecule has 0 aliphatic carbocycles. The van der Waals surface area contributed by atoms with Gasteiger partial charge < -0.3 is 10.1 Å². The minimum absolute atomic E-state index is 0.0285. The molecule has 0 aliphatic heterocycles. The second-order valence-corrected chi connectivity index (χ2v) is 7.69. The number of carbonyl (C=O) groups is 1. The van der Waals surface area contributed by atoms with Gasteiger partial charge >= 0.3 is 6.18 Å². The van der Waals surface area contributed by atoms with E-state index in [1.165, 1.54) is 28.7 Å². The molecule has 0 aliphatic rings. The van der Waals surface area contributed by atoms with E-state index in [0.29, 0.717) is 17.1 Å². The number of alkyl halides is 3. The molecule has 34 heavy (non-hydrogen) atoms. The average molecular weight is 469 g/mol. The number of aromatic nitrogens is 4. The van der Waals surface area contributed by atoms with Crippen LogP contribution in [0.3, 0.4) is 0 Å². The monoisotopic (exact) mass is 469 g/mol. The number of carbonyl (C=O) groups excluding carboxylic acids is 1. The molecule has 4 rings (SSSR count). The fraction of sp³-hybridized carbons (Fsp3) is 0.208. The Morgan fingerprint density at radius 2 is 1.76 bits per heavy atom. The van der Waals surface area contributed by atoms with Crippen LogP contribution >= 0.6 is 0 Å². The van der Waals surface area contributed by atoms with Crippen molar-refractivity contribution in [3.05, 3.63) is 89.0 Å². The normalized spacial score (nSPS) is 11.5. The van der Waals surface area contributed by atoms with Gasteiger partial charge in [-0.2, -0.15) is 23.4 Å². The van der Waals surface area contributed by atoms with Gasteiger partial charge in [-0.3, -0.25) is 4.79 Å². The molecule has 0 spiro atoms. The zero-order chi connectivity index (χ0) is 24.5. The number of halogens is 3. The summed E-state index contributed by atoms with van der Waals surface area (Å²) < 4.78 is 49.7. The number of hydrogen-bond donors (Lipinski definition) is 1. The van der Waals surface area contributed by atoms with Gasteiger partial charge in [0.1, 0.15) is 0 Å². The second-order valence-electron chi connectivity index (χ2n) is 7.69. The van der Waals surface area contributed by atoms with Gasteiger partial charge in [0.25, 0.3) is 5.91 Å². The lowest BCUT2D eigenvalue weighted by atomic mass is 10.1. The van der Waals surface area contributed by atoms with Crippen molar-refractivity contribution in [3.8, 4) is 17.1 Å². The molecule has 0 unspecified atom stereocenters. The topological polar surface area (TPSA) is 74.0 Å². The van der Waals surface area contributed by atoms with Gasteiger partial charge in [-0.05, 0) is 49.7 Å². The Labute approximate surface area is 193 Å². The van der Waals surface area contributed by atoms with E-state index in [1.54, 1.807) is 38.1 Å². The summed E-state index contributed by atoms with van der Waals surface area (Å²) in [5.74, 6) is -0.445. The average Bonchev–Trinajstić information content (AvgIpc) is 3.40. The van der Waals surface area contributed by atoms with Crippen molar-refractivity contribution >= 4 is 5.91 Å². The Hall–Kier alpha value is -4.08. The zero-order valence-corrected chi connectivity index (χ0v) is 18.7. The zero-order valence-electron chi connectivity index (χ0n) is 18.7. The second kappa shape index (κ2) is 9.05. The number of para-hydroxylation sites is 1. The fourth-order valence-corrected chi connectivity index (χ4v) is 3.64. The van der Waals surface area contributed by atoms with E-state index in [2.05, 4.69) is 15.5 Å². The Kier molecular flexibility index (Phi) is 6.14. The molecule has 0 fully saturated rings. The highest BCUT2D eigenvalue weighted by atomic mass is 19.4. The molecular weight excluding hydrogens is 447 g/mol. The van der Waals surface area contributed by atoms with Gasteiger partial charge in [-0.25, -0.2) is 9.36 Å². The molecule has 0 bridgehead atoms. The maximum absolute atomic E-state index is 13.8. The molecule has 0 radical (unpaired) electrons. The van der Waals surface area contributed by atoms with E-state index >= 15 is 0 Å². The van der Waals surface area contributed by atoms with Crippen molar-refractivity contribution < 1.29 is 22.7 Å². The number of ether oxygens (including phenoxy) is 1. The Balaban J connectivity index is 1.59. The molecule has 1 N–H and O–H groups in total. The minimum atomic E-state index is -4.61. The molecule has 2 heterocycles. The number of benzene rings is 2.